The zero-order valence-corrected chi connectivity index (χ0v) is 16.9. The van der Waals surface area contributed by atoms with Crippen molar-refractivity contribution >= 4 is 16.3 Å². The van der Waals surface area contributed by atoms with Gasteiger partial charge in [0.05, 0.1) is 11.4 Å². The maximum absolute atomic E-state index is 13.4. The number of rotatable bonds is 6. The van der Waals surface area contributed by atoms with Gasteiger partial charge in [-0.05, 0) is 29.8 Å². The molecule has 148 valence electrons. The second-order valence-electron chi connectivity index (χ2n) is 6.39. The van der Waals surface area contributed by atoms with Gasteiger partial charge in [-0.15, -0.1) is 6.42 Å². The molecular formula is C25H19NO3S. The van der Waals surface area contributed by atoms with Gasteiger partial charge < -0.3 is 0 Å². The summed E-state index contributed by atoms with van der Waals surface area (Å²) in [6, 6.07) is 23.3. The lowest BCUT2D eigenvalue weighted by Gasteiger charge is -2.26. The van der Waals surface area contributed by atoms with Gasteiger partial charge in [-0.25, -0.2) is 8.42 Å². The molecule has 0 aromatic heterocycles. The first-order valence-corrected chi connectivity index (χ1v) is 10.6. The van der Waals surface area contributed by atoms with E-state index in [4.69, 9.17) is 6.42 Å². The number of aldehydes is 1. The van der Waals surface area contributed by atoms with E-state index in [0.29, 0.717) is 16.7 Å². The number of hydrogen-bond donors (Lipinski definition) is 0. The average molecular weight is 413 g/mol. The molecule has 3 aromatic carbocycles. The molecule has 0 saturated heterocycles. The number of terminal acetylenes is 1. The van der Waals surface area contributed by atoms with E-state index in [2.05, 4.69) is 17.8 Å². The third-order valence-electron chi connectivity index (χ3n) is 4.40. The summed E-state index contributed by atoms with van der Waals surface area (Å²) >= 11 is 0. The van der Waals surface area contributed by atoms with Crippen LogP contribution in [0.2, 0.25) is 0 Å². The lowest BCUT2D eigenvalue weighted by molar-refractivity contribution is 0.112. The first-order chi connectivity index (χ1) is 14.6. The van der Waals surface area contributed by atoms with Crippen LogP contribution >= 0.6 is 0 Å². The number of benzene rings is 3. The fraction of sp³-hybridized carbons (Fsp3) is 0.0800. The fourth-order valence-corrected chi connectivity index (χ4v) is 4.35. The van der Waals surface area contributed by atoms with Crippen molar-refractivity contribution in [3.8, 4) is 24.2 Å². The Morgan fingerprint density at radius 3 is 2.07 bits per heavy atom. The first-order valence-electron chi connectivity index (χ1n) is 9.18. The van der Waals surface area contributed by atoms with Gasteiger partial charge in [-0.2, -0.15) is 4.31 Å². The standard InChI is InChI=1S/C25H19NO3S/c1-2-19-26(30(28,29)24-11-7-4-8-12-24)25(23-9-5-3-6-10-23)18-17-21-13-15-22(20-27)16-14-21/h1,3-16,20,25H,19H2. The molecule has 0 radical (unpaired) electrons. The number of hydrogen-bond acceptors (Lipinski definition) is 3. The smallest absolute Gasteiger partial charge is 0.245 e. The SMILES string of the molecule is C#CCN(C(C#Cc1ccc(C=O)cc1)c1ccccc1)S(=O)(=O)c1ccccc1. The number of carbonyl (C=O) groups is 1. The molecule has 0 amide bonds. The van der Waals surface area contributed by atoms with Crippen molar-refractivity contribution in [2.75, 3.05) is 6.54 Å². The van der Waals surface area contributed by atoms with Gasteiger partial charge in [0.2, 0.25) is 10.0 Å². The quantitative estimate of drug-likeness (QED) is 0.455. The van der Waals surface area contributed by atoms with Crippen LogP contribution in [0.1, 0.15) is 27.5 Å². The molecule has 1 atom stereocenters. The minimum absolute atomic E-state index is 0.129. The molecule has 0 saturated carbocycles. The maximum atomic E-state index is 13.4. The summed E-state index contributed by atoms with van der Waals surface area (Å²) in [5.74, 6) is 8.53. The normalized spacial score (nSPS) is 11.7. The van der Waals surface area contributed by atoms with Crippen LogP contribution in [0, 0.1) is 24.2 Å². The van der Waals surface area contributed by atoms with E-state index in [1.165, 1.54) is 16.4 Å². The highest BCUT2D eigenvalue weighted by Crippen LogP contribution is 2.27. The van der Waals surface area contributed by atoms with Crippen LogP contribution in [0.5, 0.6) is 0 Å². The molecule has 0 aliphatic rings. The minimum atomic E-state index is -3.88. The highest BCUT2D eigenvalue weighted by atomic mass is 32.2. The zero-order valence-electron chi connectivity index (χ0n) is 16.1. The Balaban J connectivity index is 2.09. The number of sulfonamides is 1. The van der Waals surface area contributed by atoms with Gasteiger partial charge in [0, 0.05) is 11.1 Å². The van der Waals surface area contributed by atoms with Crippen LogP contribution in [0.3, 0.4) is 0 Å². The molecule has 30 heavy (non-hydrogen) atoms. The monoisotopic (exact) mass is 413 g/mol. The predicted octanol–water partition coefficient (Wildman–Crippen LogP) is 3.92. The third kappa shape index (κ3) is 4.85. The van der Waals surface area contributed by atoms with Gasteiger partial charge in [0.25, 0.3) is 0 Å². The Bertz CT molecular complexity index is 1200. The molecule has 0 spiro atoms. The van der Waals surface area contributed by atoms with Crippen molar-refractivity contribution in [1.82, 2.24) is 4.31 Å². The molecular weight excluding hydrogens is 394 g/mol. The van der Waals surface area contributed by atoms with E-state index < -0.39 is 16.1 Å². The Morgan fingerprint density at radius 1 is 0.900 bits per heavy atom. The van der Waals surface area contributed by atoms with E-state index in [9.17, 15) is 13.2 Å². The van der Waals surface area contributed by atoms with Gasteiger partial charge in [-0.3, -0.25) is 4.79 Å². The van der Waals surface area contributed by atoms with E-state index in [-0.39, 0.29) is 11.4 Å². The maximum Gasteiger partial charge on any atom is 0.245 e. The van der Waals surface area contributed by atoms with E-state index in [0.717, 1.165) is 6.29 Å². The largest absolute Gasteiger partial charge is 0.298 e. The van der Waals surface area contributed by atoms with Gasteiger partial charge in [0.1, 0.15) is 12.3 Å². The molecule has 0 aliphatic heterocycles. The molecule has 4 nitrogen and oxygen atoms in total. The predicted molar refractivity (Wildman–Crippen MR) is 117 cm³/mol. The Labute approximate surface area is 177 Å². The molecule has 0 heterocycles. The summed E-state index contributed by atoms with van der Waals surface area (Å²) in [6.07, 6.45) is 6.28. The van der Waals surface area contributed by atoms with Crippen LogP contribution in [0.15, 0.2) is 89.8 Å². The zero-order chi connectivity index (χ0) is 21.4. The molecule has 3 rings (SSSR count). The van der Waals surface area contributed by atoms with Crippen molar-refractivity contribution in [1.29, 1.82) is 0 Å². The first kappa shape index (κ1) is 21.1. The summed E-state index contributed by atoms with van der Waals surface area (Å²) < 4.78 is 27.9. The van der Waals surface area contributed by atoms with Gasteiger partial charge in [0.15, 0.2) is 0 Å². The number of carbonyl (C=O) groups excluding carboxylic acids is 1. The minimum Gasteiger partial charge on any atom is -0.298 e. The summed E-state index contributed by atoms with van der Waals surface area (Å²) in [7, 11) is -3.88. The summed E-state index contributed by atoms with van der Waals surface area (Å²) in [6.45, 7) is -0.129. The van der Waals surface area contributed by atoms with Crippen molar-refractivity contribution in [3.05, 3.63) is 102 Å². The Morgan fingerprint density at radius 2 is 1.50 bits per heavy atom. The molecule has 5 heteroatoms. The lowest BCUT2D eigenvalue weighted by Crippen LogP contribution is -2.34. The Hall–Kier alpha value is -3.64. The highest BCUT2D eigenvalue weighted by Gasteiger charge is 2.31. The molecule has 0 aliphatic carbocycles. The van der Waals surface area contributed by atoms with Crippen LogP contribution in [-0.2, 0) is 10.0 Å². The summed E-state index contributed by atoms with van der Waals surface area (Å²) in [5, 5.41) is 0. The van der Waals surface area contributed by atoms with Crippen molar-refractivity contribution in [2.45, 2.75) is 10.9 Å². The van der Waals surface area contributed by atoms with E-state index >= 15 is 0 Å². The molecule has 0 fully saturated rings. The molecule has 0 bridgehead atoms. The van der Waals surface area contributed by atoms with E-state index in [1.807, 2.05) is 30.3 Å². The van der Waals surface area contributed by atoms with Crippen molar-refractivity contribution in [2.24, 2.45) is 0 Å². The summed E-state index contributed by atoms with van der Waals surface area (Å²) in [4.78, 5) is 11.0. The van der Waals surface area contributed by atoms with Gasteiger partial charge >= 0.3 is 0 Å². The molecule has 1 unspecified atom stereocenters. The third-order valence-corrected chi connectivity index (χ3v) is 6.23. The molecule has 0 N–H and O–H groups in total. The van der Waals surface area contributed by atoms with Crippen LogP contribution in [-0.4, -0.2) is 25.6 Å². The van der Waals surface area contributed by atoms with Crippen LogP contribution in [0.4, 0.5) is 0 Å². The molecule has 3 aromatic rings. The van der Waals surface area contributed by atoms with Crippen molar-refractivity contribution < 1.29 is 13.2 Å². The van der Waals surface area contributed by atoms with Crippen LogP contribution in [0.25, 0.3) is 0 Å². The Kier molecular flexibility index (Phi) is 6.83. The fourth-order valence-electron chi connectivity index (χ4n) is 2.89. The van der Waals surface area contributed by atoms with Crippen LogP contribution < -0.4 is 0 Å². The van der Waals surface area contributed by atoms with Gasteiger partial charge in [-0.1, -0.05) is 78.4 Å². The number of nitrogens with zero attached hydrogens (tertiary/aromatic N) is 1. The topological polar surface area (TPSA) is 54.5 Å². The second kappa shape index (κ2) is 9.71. The van der Waals surface area contributed by atoms with Crippen molar-refractivity contribution in [3.63, 3.8) is 0 Å². The summed E-state index contributed by atoms with van der Waals surface area (Å²) in [5.41, 5.74) is 1.92. The lowest BCUT2D eigenvalue weighted by atomic mass is 10.1. The second-order valence-corrected chi connectivity index (χ2v) is 8.28. The highest BCUT2D eigenvalue weighted by molar-refractivity contribution is 7.89. The van der Waals surface area contributed by atoms with E-state index in [1.54, 1.807) is 42.5 Å². The average Bonchev–Trinajstić information content (AvgIpc) is 2.80.